The minimum Gasteiger partial charge on any atom is -0.507 e. The van der Waals surface area contributed by atoms with E-state index in [1.165, 1.54) is 0 Å². The van der Waals surface area contributed by atoms with Crippen LogP contribution < -0.4 is 25.6 Å². The van der Waals surface area contributed by atoms with Gasteiger partial charge >= 0.3 is 0 Å². The molecule has 0 spiro atoms. The van der Waals surface area contributed by atoms with E-state index >= 15 is 0 Å². The molecule has 0 fully saturated rings. The van der Waals surface area contributed by atoms with Crippen LogP contribution in [-0.2, 0) is 0 Å². The molecule has 1 aliphatic heterocycles. The Balaban J connectivity index is 1.18. The molecule has 3 N–H and O–H groups in total. The zero-order chi connectivity index (χ0) is 23.5. The van der Waals surface area contributed by atoms with E-state index in [4.69, 9.17) is 17.3 Å². The van der Waals surface area contributed by atoms with Crippen LogP contribution in [0.2, 0.25) is 0 Å². The Morgan fingerprint density at radius 2 is 1.91 bits per heavy atom. The number of aromatic nitrogens is 3. The second-order valence-electron chi connectivity index (χ2n) is 7.84. The molecule has 10 heteroatoms. The van der Waals surface area contributed by atoms with E-state index in [1.54, 1.807) is 47.1 Å². The highest BCUT2D eigenvalue weighted by atomic mass is 16.7. The largest absolute Gasteiger partial charge is 0.507 e. The van der Waals surface area contributed by atoms with E-state index in [-0.39, 0.29) is 18.4 Å². The lowest BCUT2D eigenvalue weighted by molar-refractivity contribution is 0.0952. The van der Waals surface area contributed by atoms with Crippen LogP contribution in [0.5, 0.6) is 17.2 Å². The van der Waals surface area contributed by atoms with Crippen LogP contribution in [0.1, 0.15) is 23.2 Å². The summed E-state index contributed by atoms with van der Waals surface area (Å²) in [4.78, 5) is 16.9. The van der Waals surface area contributed by atoms with Gasteiger partial charge in [0.1, 0.15) is 19.4 Å². The summed E-state index contributed by atoms with van der Waals surface area (Å²) in [7, 11) is 6.04. The molecule has 0 unspecified atom stereocenters. The molecule has 2 aromatic carbocycles. The van der Waals surface area contributed by atoms with Gasteiger partial charge in [0.25, 0.3) is 5.91 Å². The van der Waals surface area contributed by atoms with Crippen molar-refractivity contribution in [1.29, 1.82) is 0 Å². The van der Waals surface area contributed by atoms with Crippen molar-refractivity contribution in [2.24, 2.45) is 0 Å². The maximum atomic E-state index is 12.4. The van der Waals surface area contributed by atoms with Gasteiger partial charge in [0, 0.05) is 36.5 Å². The number of amides is 1. The predicted molar refractivity (Wildman–Crippen MR) is 128 cm³/mol. The molecule has 1 aliphatic rings. The number of aromatic hydroxyl groups is 1. The number of carbonyl (C=O) groups is 1. The summed E-state index contributed by atoms with van der Waals surface area (Å²) in [5.41, 5.74) is 2.71. The summed E-state index contributed by atoms with van der Waals surface area (Å²) in [6.07, 6.45) is 3.15. The van der Waals surface area contributed by atoms with E-state index in [1.807, 2.05) is 12.1 Å². The average molecular weight is 455 g/mol. The molecule has 9 nitrogen and oxygen atoms in total. The summed E-state index contributed by atoms with van der Waals surface area (Å²) in [5.74, 6) is 1.94. The van der Waals surface area contributed by atoms with Crippen LogP contribution in [0.25, 0.3) is 16.9 Å². The van der Waals surface area contributed by atoms with Gasteiger partial charge in [-0.05, 0) is 48.6 Å². The van der Waals surface area contributed by atoms with Gasteiger partial charge in [-0.3, -0.25) is 4.79 Å². The van der Waals surface area contributed by atoms with Crippen LogP contribution >= 0.6 is 0 Å². The maximum absolute atomic E-state index is 12.4. The molecule has 5 rings (SSSR count). The molecule has 2 aromatic heterocycles. The molecule has 170 valence electrons. The molecule has 0 saturated heterocycles. The Hall–Kier alpha value is -4.21. The van der Waals surface area contributed by atoms with Crippen LogP contribution in [0.15, 0.2) is 54.7 Å². The molecule has 34 heavy (non-hydrogen) atoms. The van der Waals surface area contributed by atoms with E-state index in [2.05, 4.69) is 20.7 Å². The third-order valence-corrected chi connectivity index (χ3v) is 5.51. The average Bonchev–Trinajstić information content (AvgIpc) is 3.47. The Morgan fingerprint density at radius 3 is 2.79 bits per heavy atom. The lowest BCUT2D eigenvalue weighted by Gasteiger charge is -2.12. The van der Waals surface area contributed by atoms with Gasteiger partial charge in [-0.15, -0.1) is 0 Å². The molecule has 0 aliphatic carbocycles. The van der Waals surface area contributed by atoms with Crippen molar-refractivity contribution in [1.82, 2.24) is 19.9 Å². The van der Waals surface area contributed by atoms with Crippen molar-refractivity contribution in [3.05, 3.63) is 60.3 Å². The molecular formula is C24H22BN5O4. The lowest BCUT2D eigenvalue weighted by atomic mass is 10.0. The van der Waals surface area contributed by atoms with E-state index < -0.39 is 0 Å². The van der Waals surface area contributed by atoms with Crippen LogP contribution in [-0.4, -0.2) is 53.3 Å². The SMILES string of the molecule is [B]c1cnn2c(NCCCCNC(=O)c3ccc4c(c3)OCO4)cc(-c3ccccc3O)nc12. The summed E-state index contributed by atoms with van der Waals surface area (Å²) < 4.78 is 12.2. The molecule has 0 atom stereocenters. The predicted octanol–water partition coefficient (Wildman–Crippen LogP) is 2.25. The van der Waals surface area contributed by atoms with Crippen LogP contribution in [0, 0.1) is 0 Å². The highest BCUT2D eigenvalue weighted by Gasteiger charge is 2.16. The quantitative estimate of drug-likeness (QED) is 0.276. The number of phenols is 1. The van der Waals surface area contributed by atoms with Gasteiger partial charge in [-0.1, -0.05) is 12.1 Å². The number of para-hydroxylation sites is 1. The van der Waals surface area contributed by atoms with E-state index in [9.17, 15) is 9.90 Å². The van der Waals surface area contributed by atoms with Gasteiger partial charge < -0.3 is 25.2 Å². The van der Waals surface area contributed by atoms with Gasteiger partial charge in [0.05, 0.1) is 5.69 Å². The molecule has 0 bridgehead atoms. The summed E-state index contributed by atoms with van der Waals surface area (Å²) in [6, 6.07) is 14.0. The van der Waals surface area contributed by atoms with Crippen molar-refractivity contribution in [2.75, 3.05) is 25.2 Å². The smallest absolute Gasteiger partial charge is 0.251 e. The van der Waals surface area contributed by atoms with Gasteiger partial charge in [0.2, 0.25) is 6.79 Å². The van der Waals surface area contributed by atoms with Gasteiger partial charge in [0.15, 0.2) is 17.1 Å². The molecule has 0 saturated carbocycles. The van der Waals surface area contributed by atoms with Crippen molar-refractivity contribution >= 4 is 30.7 Å². The van der Waals surface area contributed by atoms with Crippen molar-refractivity contribution in [3.63, 3.8) is 0 Å². The second kappa shape index (κ2) is 9.34. The van der Waals surface area contributed by atoms with Crippen LogP contribution in [0.3, 0.4) is 0 Å². The number of benzene rings is 2. The molecule has 2 radical (unpaired) electrons. The fourth-order valence-corrected chi connectivity index (χ4v) is 3.74. The molecule has 4 aromatic rings. The van der Waals surface area contributed by atoms with Gasteiger partial charge in [-0.25, -0.2) is 4.98 Å². The normalized spacial score (nSPS) is 12.1. The summed E-state index contributed by atoms with van der Waals surface area (Å²) in [5, 5.41) is 20.8. The number of ether oxygens (including phenoxy) is 2. The number of rotatable bonds is 8. The number of nitrogens with one attached hydrogen (secondary N) is 2. The number of anilines is 1. The maximum Gasteiger partial charge on any atom is 0.251 e. The Bertz CT molecular complexity index is 1360. The van der Waals surface area contributed by atoms with E-state index in [0.717, 1.165) is 12.8 Å². The standard InChI is InChI=1S/C24H22BN5O4/c25-17-13-28-30-22(12-18(29-23(17)30)16-5-1-2-6-19(16)31)26-9-3-4-10-27-24(32)15-7-8-20-21(11-15)34-14-33-20/h1-2,5-8,11-13,26,31H,3-4,9-10,14H2,(H,27,32). The summed E-state index contributed by atoms with van der Waals surface area (Å²) in [6.45, 7) is 1.37. The molecule has 1 amide bonds. The number of fused-ring (bicyclic) bond motifs is 2. The first-order valence-electron chi connectivity index (χ1n) is 10.9. The minimum absolute atomic E-state index is 0.140. The number of unbranched alkanes of at least 4 members (excludes halogenated alkanes) is 1. The van der Waals surface area contributed by atoms with Crippen molar-refractivity contribution < 1.29 is 19.4 Å². The zero-order valence-corrected chi connectivity index (χ0v) is 18.3. The Morgan fingerprint density at radius 1 is 1.09 bits per heavy atom. The number of hydrogen-bond donors (Lipinski definition) is 3. The fraction of sp³-hybridized carbons (Fsp3) is 0.208. The minimum atomic E-state index is -0.151. The van der Waals surface area contributed by atoms with Gasteiger partial charge in [-0.2, -0.15) is 9.61 Å². The zero-order valence-electron chi connectivity index (χ0n) is 18.3. The number of nitrogens with zero attached hydrogens (tertiary/aromatic N) is 3. The highest BCUT2D eigenvalue weighted by Crippen LogP contribution is 2.32. The third kappa shape index (κ3) is 4.34. The number of carbonyl (C=O) groups excluding carboxylic acids is 1. The highest BCUT2D eigenvalue weighted by molar-refractivity contribution is 6.36. The fourth-order valence-electron chi connectivity index (χ4n) is 3.74. The first-order valence-corrected chi connectivity index (χ1v) is 10.9. The van der Waals surface area contributed by atoms with Crippen molar-refractivity contribution in [3.8, 4) is 28.5 Å². The number of hydrogen-bond acceptors (Lipinski definition) is 7. The first-order chi connectivity index (χ1) is 16.6. The second-order valence-corrected chi connectivity index (χ2v) is 7.84. The third-order valence-electron chi connectivity index (χ3n) is 5.51. The Kier molecular flexibility index (Phi) is 5.94. The number of phenolic OH excluding ortho intramolecular Hbond substituents is 1. The van der Waals surface area contributed by atoms with Crippen LogP contribution in [0.4, 0.5) is 5.82 Å². The van der Waals surface area contributed by atoms with Crippen molar-refractivity contribution in [2.45, 2.75) is 12.8 Å². The summed E-state index contributed by atoms with van der Waals surface area (Å²) >= 11 is 0. The topological polar surface area (TPSA) is 110 Å². The van der Waals surface area contributed by atoms with E-state index in [0.29, 0.717) is 58.3 Å². The lowest BCUT2D eigenvalue weighted by Crippen LogP contribution is -2.24. The monoisotopic (exact) mass is 455 g/mol. The molecule has 3 heterocycles. The first kappa shape index (κ1) is 21.6. The Labute approximate surface area is 197 Å². The molecular weight excluding hydrogens is 433 g/mol.